The van der Waals surface area contributed by atoms with E-state index in [0.29, 0.717) is 33.7 Å². The second-order valence-corrected chi connectivity index (χ2v) is 7.60. The van der Waals surface area contributed by atoms with Gasteiger partial charge in [0.2, 0.25) is 0 Å². The Hall–Kier alpha value is -4.73. The van der Waals surface area contributed by atoms with Crippen molar-refractivity contribution < 1.29 is 9.31 Å². The summed E-state index contributed by atoms with van der Waals surface area (Å²) in [7, 11) is 0. The number of carbonyl (C=O) groups is 1. The van der Waals surface area contributed by atoms with Crippen LogP contribution in [0.25, 0.3) is 22.2 Å². The van der Waals surface area contributed by atoms with Crippen LogP contribution < -0.4 is 26.9 Å². The summed E-state index contributed by atoms with van der Waals surface area (Å²) in [5.41, 5.74) is 13.8. The van der Waals surface area contributed by atoms with E-state index in [-0.39, 0.29) is 16.9 Å². The monoisotopic (exact) mass is 441 g/mol. The number of hydrogen-bond acceptors (Lipinski definition) is 6. The van der Waals surface area contributed by atoms with Crippen LogP contribution in [-0.2, 0) is 0 Å². The quantitative estimate of drug-likeness (QED) is 0.245. The van der Waals surface area contributed by atoms with E-state index in [1.54, 1.807) is 60.2 Å². The van der Waals surface area contributed by atoms with Crippen molar-refractivity contribution in [1.82, 2.24) is 25.0 Å². The van der Waals surface area contributed by atoms with E-state index in [1.165, 1.54) is 4.57 Å². The number of hydrogen-bond donors (Lipinski definition) is 4. The minimum Gasteiger partial charge on any atom is -0.398 e. The molecular weight excluding hydrogens is 420 g/mol. The van der Waals surface area contributed by atoms with E-state index >= 15 is 0 Å². The molecule has 1 atom stereocenters. The summed E-state index contributed by atoms with van der Waals surface area (Å²) in [5, 5.41) is 6.11. The first kappa shape index (κ1) is 20.2. The Bertz CT molecular complexity index is 1570. The first-order valence-electron chi connectivity index (χ1n) is 10.3. The smallest absolute Gasteiger partial charge is 0.362 e. The zero-order valence-corrected chi connectivity index (χ0v) is 17.7. The SMILES string of the molecule is CC(NC(=O)c1c(N)[nH][n+]2cccnc12)c1nc2cccc(N)c2c(=O)n1-c1ccccc1. The lowest BCUT2D eigenvalue weighted by Gasteiger charge is -2.19. The Balaban J connectivity index is 1.64. The Labute approximate surface area is 187 Å². The lowest BCUT2D eigenvalue weighted by Crippen LogP contribution is -2.34. The lowest BCUT2D eigenvalue weighted by molar-refractivity contribution is -0.577. The van der Waals surface area contributed by atoms with Crippen LogP contribution in [0.15, 0.2) is 71.8 Å². The average molecular weight is 441 g/mol. The summed E-state index contributed by atoms with van der Waals surface area (Å²) in [6.45, 7) is 1.75. The number of amides is 1. The van der Waals surface area contributed by atoms with Crippen LogP contribution in [0.3, 0.4) is 0 Å². The van der Waals surface area contributed by atoms with Crippen molar-refractivity contribution in [2.45, 2.75) is 13.0 Å². The normalized spacial score (nSPS) is 12.2. The predicted octanol–water partition coefficient (Wildman–Crippen LogP) is 1.50. The van der Waals surface area contributed by atoms with Gasteiger partial charge in [0.1, 0.15) is 18.2 Å². The molecule has 0 saturated heterocycles. The molecule has 0 aliphatic heterocycles. The highest BCUT2D eigenvalue weighted by atomic mass is 16.2. The van der Waals surface area contributed by atoms with Crippen LogP contribution in [0, 0.1) is 0 Å². The molecule has 0 fully saturated rings. The third-order valence-corrected chi connectivity index (χ3v) is 5.41. The molecule has 1 amide bonds. The van der Waals surface area contributed by atoms with Crippen molar-refractivity contribution in [2.24, 2.45) is 0 Å². The number of nitrogens with one attached hydrogen (secondary N) is 2. The standard InChI is InChI=1S/C23H20N8O2/c1-13(27-22(32)18-19(25)29-30-12-6-11-26-21(18)30)20-28-16-10-5-9-15(24)17(16)23(33)31(20)14-7-3-2-4-8-14/h2-13H,1H3,(H5,24,25,27,29,32,33)/p+1. The van der Waals surface area contributed by atoms with Crippen molar-refractivity contribution in [3.05, 3.63) is 88.7 Å². The van der Waals surface area contributed by atoms with Gasteiger partial charge in [-0.2, -0.15) is 0 Å². The number of para-hydroxylation sites is 1. The molecule has 10 nitrogen and oxygen atoms in total. The van der Waals surface area contributed by atoms with Crippen LogP contribution in [0.5, 0.6) is 0 Å². The number of benzene rings is 2. The van der Waals surface area contributed by atoms with E-state index in [1.807, 2.05) is 18.2 Å². The molecule has 6 N–H and O–H groups in total. The Morgan fingerprint density at radius 3 is 2.70 bits per heavy atom. The molecule has 5 rings (SSSR count). The fourth-order valence-electron chi connectivity index (χ4n) is 3.90. The van der Waals surface area contributed by atoms with Gasteiger partial charge in [0.15, 0.2) is 11.4 Å². The van der Waals surface area contributed by atoms with Gasteiger partial charge in [-0.1, -0.05) is 24.3 Å². The third kappa shape index (κ3) is 3.33. The van der Waals surface area contributed by atoms with Gasteiger partial charge in [0.05, 0.1) is 22.6 Å². The van der Waals surface area contributed by atoms with Crippen LogP contribution >= 0.6 is 0 Å². The molecule has 0 saturated carbocycles. The number of fused-ring (bicyclic) bond motifs is 2. The second-order valence-electron chi connectivity index (χ2n) is 7.60. The van der Waals surface area contributed by atoms with E-state index in [4.69, 9.17) is 16.5 Å². The van der Waals surface area contributed by atoms with E-state index < -0.39 is 11.9 Å². The summed E-state index contributed by atoms with van der Waals surface area (Å²) >= 11 is 0. The first-order valence-corrected chi connectivity index (χ1v) is 10.3. The third-order valence-electron chi connectivity index (χ3n) is 5.41. The number of anilines is 2. The van der Waals surface area contributed by atoms with Crippen molar-refractivity contribution >= 4 is 34.0 Å². The summed E-state index contributed by atoms with van der Waals surface area (Å²) in [6.07, 6.45) is 3.28. The zero-order chi connectivity index (χ0) is 23.1. The maximum atomic E-state index is 13.5. The molecule has 10 heteroatoms. The van der Waals surface area contributed by atoms with Gasteiger partial charge < -0.3 is 16.8 Å². The number of nitrogens with zero attached hydrogens (tertiary/aromatic N) is 4. The molecule has 1 unspecified atom stereocenters. The maximum absolute atomic E-state index is 13.5. The van der Waals surface area contributed by atoms with Gasteiger partial charge in [-0.05, 0) is 36.2 Å². The van der Waals surface area contributed by atoms with Gasteiger partial charge >= 0.3 is 5.65 Å². The topological polar surface area (TPSA) is 149 Å². The molecule has 33 heavy (non-hydrogen) atoms. The molecule has 0 bridgehead atoms. The van der Waals surface area contributed by atoms with Gasteiger partial charge in [-0.3, -0.25) is 14.2 Å². The highest BCUT2D eigenvalue weighted by molar-refractivity contribution is 6.03. The van der Waals surface area contributed by atoms with Gasteiger partial charge in [-0.15, -0.1) is 4.52 Å². The van der Waals surface area contributed by atoms with Crippen LogP contribution in [0.4, 0.5) is 11.5 Å². The average Bonchev–Trinajstić information content (AvgIpc) is 3.15. The number of carbonyl (C=O) groups excluding carboxylic acids is 1. The molecule has 0 aliphatic rings. The summed E-state index contributed by atoms with van der Waals surface area (Å²) in [5.74, 6) is 0.0914. The molecule has 0 spiro atoms. The molecule has 3 aromatic heterocycles. The minimum absolute atomic E-state index is 0.179. The van der Waals surface area contributed by atoms with Crippen molar-refractivity contribution in [2.75, 3.05) is 11.5 Å². The van der Waals surface area contributed by atoms with E-state index in [9.17, 15) is 9.59 Å². The molecule has 164 valence electrons. The molecule has 3 heterocycles. The summed E-state index contributed by atoms with van der Waals surface area (Å²) in [6, 6.07) is 15.3. The Kier molecular flexibility index (Phi) is 4.74. The van der Waals surface area contributed by atoms with Crippen molar-refractivity contribution in [3.8, 4) is 5.69 Å². The van der Waals surface area contributed by atoms with Crippen LogP contribution in [0.2, 0.25) is 0 Å². The second kappa shape index (κ2) is 7.75. The number of H-pyrrole nitrogens is 1. The van der Waals surface area contributed by atoms with Gasteiger partial charge in [-0.25, -0.2) is 10.1 Å². The highest BCUT2D eigenvalue weighted by Crippen LogP contribution is 2.22. The highest BCUT2D eigenvalue weighted by Gasteiger charge is 2.27. The number of aromatic nitrogens is 5. The van der Waals surface area contributed by atoms with E-state index in [0.717, 1.165) is 0 Å². The minimum atomic E-state index is -0.644. The van der Waals surface area contributed by atoms with Crippen molar-refractivity contribution in [3.63, 3.8) is 0 Å². The van der Waals surface area contributed by atoms with Crippen molar-refractivity contribution in [1.29, 1.82) is 0 Å². The summed E-state index contributed by atoms with van der Waals surface area (Å²) in [4.78, 5) is 35.6. The molecule has 2 aromatic carbocycles. The molecule has 0 radical (unpaired) electrons. The van der Waals surface area contributed by atoms with Crippen LogP contribution in [0.1, 0.15) is 29.1 Å². The number of aromatic amines is 1. The van der Waals surface area contributed by atoms with Gasteiger partial charge in [0.25, 0.3) is 11.5 Å². The van der Waals surface area contributed by atoms with Gasteiger partial charge in [0, 0.05) is 11.8 Å². The fraction of sp³-hybridized carbons (Fsp3) is 0.0870. The Morgan fingerprint density at radius 1 is 1.12 bits per heavy atom. The van der Waals surface area contributed by atoms with Crippen LogP contribution in [-0.4, -0.2) is 25.5 Å². The number of nitrogen functional groups attached to an aromatic ring is 2. The fourth-order valence-corrected chi connectivity index (χ4v) is 3.90. The van der Waals surface area contributed by atoms with E-state index in [2.05, 4.69) is 15.4 Å². The molecule has 0 aliphatic carbocycles. The zero-order valence-electron chi connectivity index (χ0n) is 17.7. The maximum Gasteiger partial charge on any atom is 0.362 e. The molecule has 5 aromatic rings. The first-order chi connectivity index (χ1) is 16.0. The lowest BCUT2D eigenvalue weighted by atomic mass is 10.1. The summed E-state index contributed by atoms with van der Waals surface area (Å²) < 4.78 is 3.03. The predicted molar refractivity (Wildman–Crippen MR) is 124 cm³/mol. The number of nitrogens with two attached hydrogens (primary N) is 2. The number of rotatable bonds is 4. The Morgan fingerprint density at radius 2 is 1.91 bits per heavy atom. The largest absolute Gasteiger partial charge is 0.398 e. The molecular formula is C23H21N8O2+.